The second kappa shape index (κ2) is 8.69. The minimum absolute atomic E-state index is 0.352. The van der Waals surface area contributed by atoms with Crippen LogP contribution in [0.1, 0.15) is 48.6 Å². The van der Waals surface area contributed by atoms with Crippen molar-refractivity contribution >= 4 is 17.5 Å². The van der Waals surface area contributed by atoms with E-state index in [0.717, 1.165) is 4.88 Å². The predicted molar refractivity (Wildman–Crippen MR) is 61.2 cm³/mol. The van der Waals surface area contributed by atoms with Gasteiger partial charge in [-0.2, -0.15) is 4.37 Å². The summed E-state index contributed by atoms with van der Waals surface area (Å²) in [6, 6.07) is 0. The Morgan fingerprint density at radius 3 is 1.79 bits per heavy atom. The molecule has 0 fully saturated rings. The monoisotopic (exact) mass is 217 g/mol. The van der Waals surface area contributed by atoms with Gasteiger partial charge in [0, 0.05) is 4.88 Å². The van der Waals surface area contributed by atoms with E-state index in [1.165, 1.54) is 11.5 Å². The van der Waals surface area contributed by atoms with E-state index in [2.05, 4.69) is 4.37 Å². The van der Waals surface area contributed by atoms with Crippen LogP contribution < -0.4 is 0 Å². The third-order valence-corrected chi connectivity index (χ3v) is 2.09. The first kappa shape index (κ1) is 15.6. The minimum Gasteiger partial charge on any atom is -0.478 e. The number of carboxylic acid groups (broad SMARTS) is 1. The van der Waals surface area contributed by atoms with Crippen LogP contribution in [-0.2, 0) is 0 Å². The van der Waals surface area contributed by atoms with Gasteiger partial charge in [-0.25, -0.2) is 4.79 Å². The smallest absolute Gasteiger partial charge is 0.338 e. The molecule has 1 aromatic rings. The third-order valence-electron chi connectivity index (χ3n) is 1.25. The van der Waals surface area contributed by atoms with E-state index in [0.29, 0.717) is 11.3 Å². The Morgan fingerprint density at radius 1 is 1.21 bits per heavy atom. The number of carboxylic acids is 1. The number of hydrogen-bond acceptors (Lipinski definition) is 3. The van der Waals surface area contributed by atoms with Crippen molar-refractivity contribution in [1.29, 1.82) is 0 Å². The van der Waals surface area contributed by atoms with Crippen LogP contribution in [0.2, 0.25) is 0 Å². The van der Waals surface area contributed by atoms with E-state index in [1.54, 1.807) is 13.8 Å². The summed E-state index contributed by atoms with van der Waals surface area (Å²) in [6.07, 6.45) is 0. The van der Waals surface area contributed by atoms with Crippen LogP contribution in [0, 0.1) is 13.8 Å². The number of aromatic carboxylic acids is 1. The first-order chi connectivity index (χ1) is 6.63. The molecule has 3 nitrogen and oxygen atoms in total. The van der Waals surface area contributed by atoms with Crippen LogP contribution in [0.15, 0.2) is 0 Å². The Morgan fingerprint density at radius 2 is 1.64 bits per heavy atom. The van der Waals surface area contributed by atoms with Crippen LogP contribution in [-0.4, -0.2) is 15.4 Å². The highest BCUT2D eigenvalue weighted by Gasteiger charge is 2.12. The number of aromatic nitrogens is 1. The summed E-state index contributed by atoms with van der Waals surface area (Å²) in [7, 11) is 0. The highest BCUT2D eigenvalue weighted by molar-refractivity contribution is 7.06. The summed E-state index contributed by atoms with van der Waals surface area (Å²) in [5, 5.41) is 8.60. The zero-order valence-corrected chi connectivity index (χ0v) is 10.5. The summed E-state index contributed by atoms with van der Waals surface area (Å²) in [5.41, 5.74) is 0.958. The van der Waals surface area contributed by atoms with Gasteiger partial charge in [0.25, 0.3) is 0 Å². The fourth-order valence-electron chi connectivity index (χ4n) is 0.788. The second-order valence-corrected chi connectivity index (χ2v) is 2.98. The van der Waals surface area contributed by atoms with Gasteiger partial charge in [0.2, 0.25) is 0 Å². The molecule has 0 aliphatic rings. The molecule has 0 saturated carbocycles. The van der Waals surface area contributed by atoms with Crippen LogP contribution in [0.3, 0.4) is 0 Å². The quantitative estimate of drug-likeness (QED) is 0.783. The van der Waals surface area contributed by atoms with Gasteiger partial charge in [-0.15, -0.1) is 0 Å². The summed E-state index contributed by atoms with van der Waals surface area (Å²) in [6.45, 7) is 11.5. The van der Waals surface area contributed by atoms with E-state index >= 15 is 0 Å². The molecule has 0 unspecified atom stereocenters. The predicted octanol–water partition coefficient (Wildman–Crippen LogP) is 3.51. The summed E-state index contributed by atoms with van der Waals surface area (Å²) < 4.78 is 3.90. The van der Waals surface area contributed by atoms with Gasteiger partial charge in [-0.1, -0.05) is 27.7 Å². The zero-order chi connectivity index (χ0) is 11.7. The molecule has 0 saturated heterocycles. The molecule has 4 heteroatoms. The van der Waals surface area contributed by atoms with Gasteiger partial charge in [-0.3, -0.25) is 0 Å². The minimum atomic E-state index is -0.885. The lowest BCUT2D eigenvalue weighted by Crippen LogP contribution is -1.98. The van der Waals surface area contributed by atoms with Crippen molar-refractivity contribution in [2.75, 3.05) is 0 Å². The molecule has 1 rings (SSSR count). The van der Waals surface area contributed by atoms with Gasteiger partial charge in [-0.05, 0) is 25.4 Å². The third kappa shape index (κ3) is 4.37. The van der Waals surface area contributed by atoms with Crippen molar-refractivity contribution < 1.29 is 9.90 Å². The Kier molecular flexibility index (Phi) is 9.66. The molecule has 0 amide bonds. The van der Waals surface area contributed by atoms with Gasteiger partial charge >= 0.3 is 5.97 Å². The molecular weight excluding hydrogens is 198 g/mol. The summed E-state index contributed by atoms with van der Waals surface area (Å²) >= 11 is 1.23. The van der Waals surface area contributed by atoms with Gasteiger partial charge in [0.15, 0.2) is 0 Å². The maximum absolute atomic E-state index is 10.5. The number of rotatable bonds is 1. The zero-order valence-electron chi connectivity index (χ0n) is 9.71. The fourth-order valence-corrected chi connectivity index (χ4v) is 1.48. The van der Waals surface area contributed by atoms with E-state index < -0.39 is 5.97 Å². The lowest BCUT2D eigenvalue weighted by Gasteiger charge is -1.89. The van der Waals surface area contributed by atoms with Crippen molar-refractivity contribution in [2.24, 2.45) is 0 Å². The summed E-state index contributed by atoms with van der Waals surface area (Å²) in [4.78, 5) is 11.2. The topological polar surface area (TPSA) is 50.2 Å². The lowest BCUT2D eigenvalue weighted by molar-refractivity contribution is 0.0696. The number of aryl methyl sites for hydroxylation is 2. The van der Waals surface area contributed by atoms with E-state index in [4.69, 9.17) is 5.11 Å². The molecule has 0 bridgehead atoms. The molecule has 0 aliphatic carbocycles. The Hall–Kier alpha value is -0.900. The van der Waals surface area contributed by atoms with Crippen LogP contribution >= 0.6 is 11.5 Å². The molecule has 0 aliphatic heterocycles. The first-order valence-electron chi connectivity index (χ1n) is 4.79. The van der Waals surface area contributed by atoms with E-state index in [-0.39, 0.29) is 0 Å². The second-order valence-electron chi connectivity index (χ2n) is 2.00. The van der Waals surface area contributed by atoms with Crippen molar-refractivity contribution in [3.63, 3.8) is 0 Å². The SMILES string of the molecule is CC.CC.Cc1nsc(C)c1C(=O)O. The fraction of sp³-hybridized carbons (Fsp3) is 0.600. The lowest BCUT2D eigenvalue weighted by atomic mass is 10.2. The summed E-state index contributed by atoms with van der Waals surface area (Å²) in [5.74, 6) is -0.885. The van der Waals surface area contributed by atoms with Gasteiger partial charge < -0.3 is 5.11 Å². The molecule has 1 heterocycles. The molecule has 1 aromatic heterocycles. The number of hydrogen-bond donors (Lipinski definition) is 1. The number of nitrogens with zero attached hydrogens (tertiary/aromatic N) is 1. The highest BCUT2D eigenvalue weighted by Crippen LogP contribution is 2.16. The van der Waals surface area contributed by atoms with Crippen molar-refractivity contribution in [2.45, 2.75) is 41.5 Å². The molecule has 0 atom stereocenters. The van der Waals surface area contributed by atoms with Crippen LogP contribution in [0.4, 0.5) is 0 Å². The molecule has 14 heavy (non-hydrogen) atoms. The number of carbonyl (C=O) groups is 1. The van der Waals surface area contributed by atoms with E-state index in [1.807, 2.05) is 27.7 Å². The molecule has 82 valence electrons. The normalized spacial score (nSPS) is 7.86. The molecule has 1 N–H and O–H groups in total. The highest BCUT2D eigenvalue weighted by atomic mass is 32.1. The Balaban J connectivity index is 0. The van der Waals surface area contributed by atoms with Crippen molar-refractivity contribution in [3.05, 3.63) is 16.1 Å². The average molecular weight is 217 g/mol. The Labute approximate surface area is 90.0 Å². The average Bonchev–Trinajstić information content (AvgIpc) is 2.52. The maximum Gasteiger partial charge on any atom is 0.338 e. The maximum atomic E-state index is 10.5. The first-order valence-corrected chi connectivity index (χ1v) is 5.56. The van der Waals surface area contributed by atoms with Gasteiger partial charge in [0.05, 0.1) is 11.3 Å². The molecule has 0 spiro atoms. The van der Waals surface area contributed by atoms with Crippen molar-refractivity contribution in [1.82, 2.24) is 4.37 Å². The van der Waals surface area contributed by atoms with Crippen LogP contribution in [0.5, 0.6) is 0 Å². The molecule has 0 radical (unpaired) electrons. The van der Waals surface area contributed by atoms with Crippen LogP contribution in [0.25, 0.3) is 0 Å². The van der Waals surface area contributed by atoms with E-state index in [9.17, 15) is 4.79 Å². The standard InChI is InChI=1S/C6H7NO2S.2C2H6/c1-3-5(6(8)9)4(2)10-7-3;2*1-2/h1-2H3,(H,8,9);2*1-2H3. The molecular formula is C10H19NO2S. The van der Waals surface area contributed by atoms with Gasteiger partial charge in [0.1, 0.15) is 0 Å². The van der Waals surface area contributed by atoms with Crippen molar-refractivity contribution in [3.8, 4) is 0 Å². The molecule has 0 aromatic carbocycles. The largest absolute Gasteiger partial charge is 0.478 e. The Bertz CT molecular complexity index is 250.